The number of ether oxygens (including phenoxy) is 1. The molecule has 0 aliphatic carbocycles. The summed E-state index contributed by atoms with van der Waals surface area (Å²) in [5, 5.41) is 12.3. The van der Waals surface area contributed by atoms with Crippen molar-refractivity contribution in [2.75, 3.05) is 26.7 Å². The zero-order valence-corrected chi connectivity index (χ0v) is 13.5. The maximum absolute atomic E-state index is 12.3. The lowest BCUT2D eigenvalue weighted by Gasteiger charge is -2.26. The first-order valence-corrected chi connectivity index (χ1v) is 8.01. The number of methoxy groups -OCH3 is 1. The number of carbonyl (C=O) groups is 1. The Hall–Kier alpha value is -2.48. The van der Waals surface area contributed by atoms with E-state index in [2.05, 4.69) is 5.32 Å². The lowest BCUT2D eigenvalue weighted by molar-refractivity contribution is -0.127. The zero-order chi connectivity index (χ0) is 16.5. The number of nitrogens with zero attached hydrogens (tertiary/aromatic N) is 2. The standard InChI is InChI=1S/C18H23N3O2/c1-23-17-8-4-3-7-15(17)9-10-20-14-16(13-19)18(22)21-11-5-2-6-12-21/h3-4,7-8,14,20H,2,5-6,9-12H2,1H3/b16-14-. The van der Waals surface area contributed by atoms with Gasteiger partial charge in [0.2, 0.25) is 0 Å². The van der Waals surface area contributed by atoms with Crippen LogP contribution in [0.15, 0.2) is 36.0 Å². The van der Waals surface area contributed by atoms with Gasteiger partial charge in [-0.1, -0.05) is 18.2 Å². The second-order valence-corrected chi connectivity index (χ2v) is 5.54. The van der Waals surface area contributed by atoms with Crippen molar-refractivity contribution >= 4 is 5.91 Å². The van der Waals surface area contributed by atoms with Crippen LogP contribution >= 0.6 is 0 Å². The Bertz CT molecular complexity index is 599. The Kier molecular flexibility index (Phi) is 6.49. The van der Waals surface area contributed by atoms with Crippen LogP contribution < -0.4 is 10.1 Å². The Morgan fingerprint density at radius 2 is 2.09 bits per heavy atom. The van der Waals surface area contributed by atoms with Gasteiger partial charge in [0.05, 0.1) is 7.11 Å². The first-order valence-electron chi connectivity index (χ1n) is 8.01. The highest BCUT2D eigenvalue weighted by molar-refractivity contribution is 5.97. The lowest BCUT2D eigenvalue weighted by Crippen LogP contribution is -2.36. The van der Waals surface area contributed by atoms with Crippen LogP contribution in [0.25, 0.3) is 0 Å². The number of hydrogen-bond acceptors (Lipinski definition) is 4. The van der Waals surface area contributed by atoms with E-state index in [0.717, 1.165) is 50.1 Å². The molecule has 0 atom stereocenters. The minimum atomic E-state index is -0.169. The number of nitriles is 1. The van der Waals surface area contributed by atoms with Crippen LogP contribution in [0.5, 0.6) is 5.75 Å². The van der Waals surface area contributed by atoms with E-state index in [1.54, 1.807) is 12.0 Å². The number of rotatable bonds is 6. The molecule has 0 bridgehead atoms. The van der Waals surface area contributed by atoms with E-state index in [0.29, 0.717) is 6.54 Å². The Balaban J connectivity index is 1.87. The van der Waals surface area contributed by atoms with E-state index in [9.17, 15) is 10.1 Å². The topological polar surface area (TPSA) is 65.4 Å². The summed E-state index contributed by atoms with van der Waals surface area (Å²) >= 11 is 0. The van der Waals surface area contributed by atoms with Gasteiger partial charge in [0, 0.05) is 25.8 Å². The smallest absolute Gasteiger partial charge is 0.265 e. The van der Waals surface area contributed by atoms with Gasteiger partial charge in [0.15, 0.2) is 0 Å². The maximum Gasteiger partial charge on any atom is 0.265 e. The minimum absolute atomic E-state index is 0.169. The molecule has 1 saturated heterocycles. The molecule has 5 nitrogen and oxygen atoms in total. The SMILES string of the molecule is COc1ccccc1CCN/C=C(/C#N)C(=O)N1CCCCC1. The lowest BCUT2D eigenvalue weighted by atomic mass is 10.1. The van der Waals surface area contributed by atoms with Crippen molar-refractivity contribution in [2.24, 2.45) is 0 Å². The van der Waals surface area contributed by atoms with E-state index in [1.165, 1.54) is 6.20 Å². The Morgan fingerprint density at radius 3 is 2.78 bits per heavy atom. The molecule has 0 radical (unpaired) electrons. The van der Waals surface area contributed by atoms with Crippen molar-refractivity contribution in [1.29, 1.82) is 5.26 Å². The highest BCUT2D eigenvalue weighted by Gasteiger charge is 2.19. The number of likely N-dealkylation sites (tertiary alicyclic amines) is 1. The molecule has 1 aromatic rings. The Labute approximate surface area is 137 Å². The van der Waals surface area contributed by atoms with Gasteiger partial charge in [-0.15, -0.1) is 0 Å². The summed E-state index contributed by atoms with van der Waals surface area (Å²) < 4.78 is 5.31. The molecule has 1 fully saturated rings. The second-order valence-electron chi connectivity index (χ2n) is 5.54. The van der Waals surface area contributed by atoms with Gasteiger partial charge in [-0.25, -0.2) is 0 Å². The van der Waals surface area contributed by atoms with Crippen LogP contribution in [0, 0.1) is 11.3 Å². The van der Waals surface area contributed by atoms with Gasteiger partial charge in [-0.3, -0.25) is 4.79 Å². The molecular weight excluding hydrogens is 290 g/mol. The summed E-state index contributed by atoms with van der Waals surface area (Å²) in [6, 6.07) is 9.83. The van der Waals surface area contributed by atoms with Crippen LogP contribution in [0.1, 0.15) is 24.8 Å². The molecule has 2 rings (SSSR count). The summed E-state index contributed by atoms with van der Waals surface area (Å²) in [6.07, 6.45) is 5.49. The van der Waals surface area contributed by atoms with Crippen LogP contribution in [0.3, 0.4) is 0 Å². The fourth-order valence-electron chi connectivity index (χ4n) is 2.70. The fraction of sp³-hybridized carbons (Fsp3) is 0.444. The van der Waals surface area contributed by atoms with E-state index in [1.807, 2.05) is 30.3 Å². The third kappa shape index (κ3) is 4.75. The monoisotopic (exact) mass is 313 g/mol. The van der Waals surface area contributed by atoms with Gasteiger partial charge in [0.25, 0.3) is 5.91 Å². The highest BCUT2D eigenvalue weighted by Crippen LogP contribution is 2.17. The minimum Gasteiger partial charge on any atom is -0.496 e. The molecule has 1 heterocycles. The summed E-state index contributed by atoms with van der Waals surface area (Å²) in [5.41, 5.74) is 1.27. The second kappa shape index (κ2) is 8.84. The van der Waals surface area contributed by atoms with Gasteiger partial charge < -0.3 is 15.0 Å². The highest BCUT2D eigenvalue weighted by atomic mass is 16.5. The third-order valence-corrected chi connectivity index (χ3v) is 3.97. The quantitative estimate of drug-likeness (QED) is 0.497. The van der Waals surface area contributed by atoms with Gasteiger partial charge in [-0.2, -0.15) is 5.26 Å². The van der Waals surface area contributed by atoms with Crippen LogP contribution in [-0.4, -0.2) is 37.6 Å². The first-order chi connectivity index (χ1) is 11.3. The van der Waals surface area contributed by atoms with E-state index in [-0.39, 0.29) is 11.5 Å². The molecule has 1 N–H and O–H groups in total. The number of benzene rings is 1. The molecule has 1 amide bonds. The van der Waals surface area contributed by atoms with Crippen molar-refractivity contribution in [1.82, 2.24) is 10.2 Å². The van der Waals surface area contributed by atoms with Crippen molar-refractivity contribution in [3.63, 3.8) is 0 Å². The fourth-order valence-corrected chi connectivity index (χ4v) is 2.70. The van der Waals surface area contributed by atoms with Gasteiger partial charge in [0.1, 0.15) is 17.4 Å². The van der Waals surface area contributed by atoms with E-state index in [4.69, 9.17) is 4.74 Å². The number of amides is 1. The molecule has 1 aliphatic heterocycles. The number of hydrogen-bond donors (Lipinski definition) is 1. The van der Waals surface area contributed by atoms with Gasteiger partial charge >= 0.3 is 0 Å². The molecule has 0 spiro atoms. The van der Waals surface area contributed by atoms with Crippen LogP contribution in [0.4, 0.5) is 0 Å². The number of nitrogens with one attached hydrogen (secondary N) is 1. The molecule has 23 heavy (non-hydrogen) atoms. The van der Waals surface area contributed by atoms with Crippen molar-refractivity contribution < 1.29 is 9.53 Å². The summed E-state index contributed by atoms with van der Waals surface area (Å²) in [6.45, 7) is 2.14. The van der Waals surface area contributed by atoms with E-state index < -0.39 is 0 Å². The zero-order valence-electron chi connectivity index (χ0n) is 13.5. The Morgan fingerprint density at radius 1 is 1.35 bits per heavy atom. The third-order valence-electron chi connectivity index (χ3n) is 3.97. The molecule has 0 aromatic heterocycles. The normalized spacial score (nSPS) is 15.0. The summed E-state index contributed by atoms with van der Waals surface area (Å²) in [5.74, 6) is 0.681. The van der Waals surface area contributed by atoms with Crippen molar-refractivity contribution in [3.05, 3.63) is 41.6 Å². The molecule has 122 valence electrons. The average Bonchev–Trinajstić information content (AvgIpc) is 2.62. The predicted molar refractivity (Wildman–Crippen MR) is 88.8 cm³/mol. The number of para-hydroxylation sites is 1. The molecular formula is C18H23N3O2. The summed E-state index contributed by atoms with van der Waals surface area (Å²) in [4.78, 5) is 14.0. The van der Waals surface area contributed by atoms with Crippen molar-refractivity contribution in [2.45, 2.75) is 25.7 Å². The van der Waals surface area contributed by atoms with Crippen LogP contribution in [-0.2, 0) is 11.2 Å². The summed E-state index contributed by atoms with van der Waals surface area (Å²) in [7, 11) is 1.65. The van der Waals surface area contributed by atoms with Gasteiger partial charge in [-0.05, 0) is 37.3 Å². The largest absolute Gasteiger partial charge is 0.496 e. The predicted octanol–water partition coefficient (Wildman–Crippen LogP) is 2.25. The maximum atomic E-state index is 12.3. The molecule has 0 saturated carbocycles. The van der Waals surface area contributed by atoms with Crippen molar-refractivity contribution in [3.8, 4) is 11.8 Å². The number of carbonyl (C=O) groups excluding carboxylic acids is 1. The average molecular weight is 313 g/mol. The van der Waals surface area contributed by atoms with E-state index >= 15 is 0 Å². The molecule has 5 heteroatoms. The first kappa shape index (κ1) is 16.9. The molecule has 0 unspecified atom stereocenters. The number of piperidine rings is 1. The molecule has 1 aliphatic rings. The van der Waals surface area contributed by atoms with Crippen LogP contribution in [0.2, 0.25) is 0 Å². The molecule has 1 aromatic carbocycles.